The first-order valence-corrected chi connectivity index (χ1v) is 8.05. The van der Waals surface area contributed by atoms with Crippen LogP contribution in [0.1, 0.15) is 11.1 Å². The van der Waals surface area contributed by atoms with Crippen LogP contribution < -0.4 is 5.32 Å². The Morgan fingerprint density at radius 2 is 1.88 bits per heavy atom. The first kappa shape index (κ1) is 18.8. The first-order chi connectivity index (χ1) is 12.0. The van der Waals surface area contributed by atoms with Crippen molar-refractivity contribution in [2.45, 2.75) is 6.54 Å². The van der Waals surface area contributed by atoms with Crippen LogP contribution in [0.5, 0.6) is 0 Å². The summed E-state index contributed by atoms with van der Waals surface area (Å²) in [6.45, 7) is -0.527. The summed E-state index contributed by atoms with van der Waals surface area (Å²) in [5.41, 5.74) is 0.530. The highest BCUT2D eigenvalue weighted by Crippen LogP contribution is 2.16. The van der Waals surface area contributed by atoms with Gasteiger partial charge in [-0.25, -0.2) is 13.6 Å². The molecule has 7 heteroatoms. The number of ether oxygens (including phenoxy) is 1. The monoisotopic (exact) mass is 409 g/mol. The van der Waals surface area contributed by atoms with Crippen molar-refractivity contribution in [2.24, 2.45) is 0 Å². The van der Waals surface area contributed by atoms with Gasteiger partial charge in [0.2, 0.25) is 0 Å². The maximum Gasteiger partial charge on any atom is 0.331 e. The third-order valence-electron chi connectivity index (χ3n) is 3.14. The van der Waals surface area contributed by atoms with Gasteiger partial charge in [-0.3, -0.25) is 4.79 Å². The highest BCUT2D eigenvalue weighted by atomic mass is 79.9. The molecule has 2 rings (SSSR count). The van der Waals surface area contributed by atoms with Crippen molar-refractivity contribution in [1.82, 2.24) is 5.32 Å². The Morgan fingerprint density at radius 3 is 2.64 bits per heavy atom. The summed E-state index contributed by atoms with van der Waals surface area (Å²) in [4.78, 5) is 23.2. The molecule has 1 amide bonds. The van der Waals surface area contributed by atoms with Gasteiger partial charge in [-0.15, -0.1) is 0 Å². The Labute approximate surface area is 151 Å². The van der Waals surface area contributed by atoms with E-state index in [2.05, 4.69) is 21.2 Å². The van der Waals surface area contributed by atoms with Crippen LogP contribution in [0.4, 0.5) is 8.78 Å². The number of rotatable bonds is 6. The summed E-state index contributed by atoms with van der Waals surface area (Å²) >= 11 is 3.20. The number of halogens is 3. The van der Waals surface area contributed by atoms with E-state index in [-0.39, 0.29) is 12.1 Å². The highest BCUT2D eigenvalue weighted by Gasteiger charge is 2.07. The van der Waals surface area contributed by atoms with Crippen LogP contribution >= 0.6 is 15.9 Å². The van der Waals surface area contributed by atoms with Gasteiger partial charge in [-0.2, -0.15) is 0 Å². The molecule has 0 spiro atoms. The van der Waals surface area contributed by atoms with Gasteiger partial charge >= 0.3 is 5.97 Å². The minimum absolute atomic E-state index is 0.0118. The van der Waals surface area contributed by atoms with Crippen molar-refractivity contribution >= 4 is 33.9 Å². The standard InChI is InChI=1S/C18H14BrF2NO3/c19-14-6-7-16(21)12(9-14)5-8-18(24)25-11-17(23)22-10-13-3-1-2-4-15(13)20/h1-9H,10-11H2,(H,22,23)/b8-5+. The van der Waals surface area contributed by atoms with E-state index in [4.69, 9.17) is 4.74 Å². The summed E-state index contributed by atoms with van der Waals surface area (Å²) in [5, 5.41) is 2.44. The van der Waals surface area contributed by atoms with Gasteiger partial charge < -0.3 is 10.1 Å². The van der Waals surface area contributed by atoms with E-state index in [1.807, 2.05) is 0 Å². The van der Waals surface area contributed by atoms with Crippen molar-refractivity contribution in [2.75, 3.05) is 6.61 Å². The van der Waals surface area contributed by atoms with Gasteiger partial charge in [-0.05, 0) is 30.3 Å². The lowest BCUT2D eigenvalue weighted by Crippen LogP contribution is -2.28. The van der Waals surface area contributed by atoms with E-state index in [1.54, 1.807) is 12.1 Å². The van der Waals surface area contributed by atoms with E-state index in [1.165, 1.54) is 36.4 Å². The first-order valence-electron chi connectivity index (χ1n) is 7.25. The number of hydrogen-bond donors (Lipinski definition) is 1. The quantitative estimate of drug-likeness (QED) is 0.585. The van der Waals surface area contributed by atoms with Gasteiger partial charge in [0.1, 0.15) is 11.6 Å². The Balaban J connectivity index is 1.79. The van der Waals surface area contributed by atoms with Crippen LogP contribution in [0, 0.1) is 11.6 Å². The second-order valence-corrected chi connectivity index (χ2v) is 5.89. The second-order valence-electron chi connectivity index (χ2n) is 4.98. The number of carbonyl (C=O) groups is 2. The Hall–Kier alpha value is -2.54. The molecule has 0 atom stereocenters. The highest BCUT2D eigenvalue weighted by molar-refractivity contribution is 9.10. The molecule has 130 valence electrons. The summed E-state index contributed by atoms with van der Waals surface area (Å²) in [6.07, 6.45) is 2.27. The number of hydrogen-bond acceptors (Lipinski definition) is 3. The molecule has 0 saturated carbocycles. The van der Waals surface area contributed by atoms with Crippen LogP contribution in [-0.2, 0) is 20.9 Å². The fourth-order valence-electron chi connectivity index (χ4n) is 1.87. The molecule has 2 aromatic carbocycles. The van der Waals surface area contributed by atoms with Crippen molar-refractivity contribution in [3.05, 3.63) is 75.8 Å². The van der Waals surface area contributed by atoms with E-state index in [0.29, 0.717) is 10.0 Å². The summed E-state index contributed by atoms with van der Waals surface area (Å²) in [7, 11) is 0. The SMILES string of the molecule is O=C(COC(=O)/C=C/c1cc(Br)ccc1F)NCc1ccccc1F. The molecular weight excluding hydrogens is 396 g/mol. The molecular formula is C18H14BrF2NO3. The Kier molecular flexibility index (Phi) is 6.82. The van der Waals surface area contributed by atoms with Crippen molar-refractivity contribution in [3.8, 4) is 0 Å². The average Bonchev–Trinajstić information content (AvgIpc) is 2.60. The minimum atomic E-state index is -0.791. The topological polar surface area (TPSA) is 55.4 Å². The van der Waals surface area contributed by atoms with Crippen LogP contribution in [0.15, 0.2) is 53.0 Å². The molecule has 0 fully saturated rings. The summed E-state index contributed by atoms with van der Waals surface area (Å²) < 4.78 is 32.3. The molecule has 0 aliphatic rings. The summed E-state index contributed by atoms with van der Waals surface area (Å²) in [5.74, 6) is -2.28. The third kappa shape index (κ3) is 6.11. The number of carbonyl (C=O) groups excluding carboxylic acids is 2. The lowest BCUT2D eigenvalue weighted by atomic mass is 10.2. The molecule has 0 heterocycles. The molecule has 4 nitrogen and oxygen atoms in total. The van der Waals surface area contributed by atoms with Gasteiger partial charge in [0, 0.05) is 28.2 Å². The molecule has 0 unspecified atom stereocenters. The van der Waals surface area contributed by atoms with Crippen LogP contribution in [0.25, 0.3) is 6.08 Å². The number of amides is 1. The van der Waals surface area contributed by atoms with Crippen molar-refractivity contribution in [1.29, 1.82) is 0 Å². The molecule has 0 aliphatic heterocycles. The molecule has 0 aliphatic carbocycles. The van der Waals surface area contributed by atoms with Crippen LogP contribution in [0.3, 0.4) is 0 Å². The predicted molar refractivity (Wildman–Crippen MR) is 92.3 cm³/mol. The largest absolute Gasteiger partial charge is 0.452 e. The number of nitrogens with one attached hydrogen (secondary N) is 1. The molecule has 2 aromatic rings. The molecule has 0 aromatic heterocycles. The van der Waals surface area contributed by atoms with Crippen LogP contribution in [-0.4, -0.2) is 18.5 Å². The van der Waals surface area contributed by atoms with Gasteiger partial charge in [0.05, 0.1) is 0 Å². The zero-order valence-electron chi connectivity index (χ0n) is 13.0. The van der Waals surface area contributed by atoms with Gasteiger partial charge in [0.25, 0.3) is 5.91 Å². The minimum Gasteiger partial charge on any atom is -0.452 e. The van der Waals surface area contributed by atoms with Crippen molar-refractivity contribution in [3.63, 3.8) is 0 Å². The van der Waals surface area contributed by atoms with Crippen LogP contribution in [0.2, 0.25) is 0 Å². The van der Waals surface area contributed by atoms with Gasteiger partial charge in [-0.1, -0.05) is 34.1 Å². The molecule has 0 bridgehead atoms. The second kappa shape index (κ2) is 9.08. The average molecular weight is 410 g/mol. The predicted octanol–water partition coefficient (Wildman–Crippen LogP) is 3.60. The number of benzene rings is 2. The summed E-state index contributed by atoms with van der Waals surface area (Å²) in [6, 6.07) is 10.3. The zero-order chi connectivity index (χ0) is 18.2. The molecule has 0 radical (unpaired) electrons. The van der Waals surface area contributed by atoms with Crippen molar-refractivity contribution < 1.29 is 23.1 Å². The molecule has 25 heavy (non-hydrogen) atoms. The normalized spacial score (nSPS) is 10.7. The molecule has 0 saturated heterocycles. The Morgan fingerprint density at radius 1 is 1.12 bits per heavy atom. The zero-order valence-corrected chi connectivity index (χ0v) is 14.6. The third-order valence-corrected chi connectivity index (χ3v) is 3.63. The maximum atomic E-state index is 13.5. The lowest BCUT2D eigenvalue weighted by molar-refractivity contribution is -0.143. The smallest absolute Gasteiger partial charge is 0.331 e. The lowest BCUT2D eigenvalue weighted by Gasteiger charge is -2.06. The molecule has 1 N–H and O–H groups in total. The Bertz CT molecular complexity index is 809. The van der Waals surface area contributed by atoms with E-state index in [9.17, 15) is 18.4 Å². The van der Waals surface area contributed by atoms with Gasteiger partial charge in [0.15, 0.2) is 6.61 Å². The van der Waals surface area contributed by atoms with E-state index < -0.39 is 30.1 Å². The fourth-order valence-corrected chi connectivity index (χ4v) is 2.25. The number of esters is 1. The van der Waals surface area contributed by atoms with E-state index >= 15 is 0 Å². The maximum absolute atomic E-state index is 13.5. The van der Waals surface area contributed by atoms with E-state index in [0.717, 1.165) is 6.08 Å². The fraction of sp³-hybridized carbons (Fsp3) is 0.111.